The largest absolute Gasteiger partial charge is 0.393 e. The molecule has 1 amide bonds. The van der Waals surface area contributed by atoms with Gasteiger partial charge in [0.2, 0.25) is 5.91 Å². The number of carbonyl (C=O) groups excluding carboxylic acids is 1. The summed E-state index contributed by atoms with van der Waals surface area (Å²) in [4.78, 5) is 13.2. The van der Waals surface area contributed by atoms with Crippen LogP contribution in [-0.2, 0) is 4.79 Å². The van der Waals surface area contributed by atoms with Crippen LogP contribution >= 0.6 is 12.2 Å². The van der Waals surface area contributed by atoms with Crippen molar-refractivity contribution in [2.75, 3.05) is 13.6 Å². The molecule has 0 saturated heterocycles. The van der Waals surface area contributed by atoms with Crippen molar-refractivity contribution in [1.29, 1.82) is 0 Å². The zero-order valence-corrected chi connectivity index (χ0v) is 9.85. The smallest absolute Gasteiger partial charge is 0.229 e. The third kappa shape index (κ3) is 3.76. The van der Waals surface area contributed by atoms with Gasteiger partial charge in [-0.1, -0.05) is 25.1 Å². The lowest BCUT2D eigenvalue weighted by Gasteiger charge is -2.28. The summed E-state index contributed by atoms with van der Waals surface area (Å²) in [6, 6.07) is 0. The van der Waals surface area contributed by atoms with Crippen molar-refractivity contribution < 1.29 is 9.90 Å². The van der Waals surface area contributed by atoms with Gasteiger partial charge in [-0.3, -0.25) is 4.79 Å². The molecule has 86 valence electrons. The fourth-order valence-corrected chi connectivity index (χ4v) is 2.13. The van der Waals surface area contributed by atoms with Gasteiger partial charge >= 0.3 is 0 Å². The number of amides is 1. The van der Waals surface area contributed by atoms with Crippen molar-refractivity contribution in [3.63, 3.8) is 0 Å². The summed E-state index contributed by atoms with van der Waals surface area (Å²) < 4.78 is 0. The van der Waals surface area contributed by atoms with Gasteiger partial charge in [-0.05, 0) is 12.8 Å². The molecule has 0 aromatic heterocycles. The number of likely N-dealkylation sites (N-methyl/N-ethyl adjacent to an activating group) is 1. The number of nitrogens with two attached hydrogens (primary N) is 1. The summed E-state index contributed by atoms with van der Waals surface area (Å²) in [6.07, 6.45) is 3.71. The van der Waals surface area contributed by atoms with Crippen molar-refractivity contribution in [3.8, 4) is 0 Å². The maximum absolute atomic E-state index is 11.5. The Kier molecular flexibility index (Phi) is 4.04. The van der Waals surface area contributed by atoms with E-state index in [0.717, 1.165) is 25.7 Å². The van der Waals surface area contributed by atoms with E-state index in [4.69, 9.17) is 5.73 Å². The van der Waals surface area contributed by atoms with E-state index in [-0.39, 0.29) is 17.3 Å². The number of nitrogens with zero attached hydrogens (tertiary/aromatic N) is 1. The van der Waals surface area contributed by atoms with Gasteiger partial charge < -0.3 is 15.7 Å². The van der Waals surface area contributed by atoms with E-state index >= 15 is 0 Å². The minimum Gasteiger partial charge on any atom is -0.393 e. The van der Waals surface area contributed by atoms with E-state index in [1.54, 1.807) is 7.05 Å². The molecule has 0 aliphatic heterocycles. The third-order valence-corrected chi connectivity index (χ3v) is 2.96. The zero-order chi connectivity index (χ0) is 11.5. The molecule has 1 rings (SSSR count). The molecule has 4 nitrogen and oxygen atoms in total. The summed E-state index contributed by atoms with van der Waals surface area (Å²) in [5.41, 5.74) is 4.60. The first-order chi connectivity index (χ1) is 6.93. The molecule has 0 aromatic rings. The Morgan fingerprint density at radius 1 is 1.53 bits per heavy atom. The van der Waals surface area contributed by atoms with Gasteiger partial charge in [0, 0.05) is 13.6 Å². The maximum atomic E-state index is 11.5. The molecule has 0 atom stereocenters. The highest BCUT2D eigenvalue weighted by Crippen LogP contribution is 2.29. The third-order valence-electron chi connectivity index (χ3n) is 2.82. The Hall–Kier alpha value is -0.680. The van der Waals surface area contributed by atoms with E-state index < -0.39 is 5.60 Å². The van der Waals surface area contributed by atoms with Crippen LogP contribution in [0.1, 0.15) is 32.1 Å². The molecule has 5 heteroatoms. The van der Waals surface area contributed by atoms with Crippen molar-refractivity contribution in [1.82, 2.24) is 4.90 Å². The number of aliphatic hydroxyl groups is 1. The molecular formula is C10H18N2O2S. The van der Waals surface area contributed by atoms with Crippen LogP contribution in [0, 0.1) is 0 Å². The van der Waals surface area contributed by atoms with Crippen LogP contribution in [0.3, 0.4) is 0 Å². The summed E-state index contributed by atoms with van der Waals surface area (Å²) in [6.45, 7) is 0.383. The molecule has 15 heavy (non-hydrogen) atoms. The minimum atomic E-state index is -0.694. The molecular weight excluding hydrogens is 212 g/mol. The first-order valence-corrected chi connectivity index (χ1v) is 5.58. The second-order valence-corrected chi connectivity index (χ2v) is 4.85. The van der Waals surface area contributed by atoms with Gasteiger partial charge in [0.25, 0.3) is 0 Å². The summed E-state index contributed by atoms with van der Waals surface area (Å²) in [5.74, 6) is -0.122. The highest BCUT2D eigenvalue weighted by atomic mass is 32.1. The number of carbonyl (C=O) groups is 1. The maximum Gasteiger partial charge on any atom is 0.229 e. The Labute approximate surface area is 95.4 Å². The van der Waals surface area contributed by atoms with Crippen molar-refractivity contribution in [2.45, 2.75) is 37.7 Å². The van der Waals surface area contributed by atoms with Crippen LogP contribution in [0.25, 0.3) is 0 Å². The lowest BCUT2D eigenvalue weighted by atomic mass is 10.0. The van der Waals surface area contributed by atoms with Crippen LogP contribution < -0.4 is 5.73 Å². The summed E-state index contributed by atoms with van der Waals surface area (Å²) >= 11 is 4.67. The molecule has 1 fully saturated rings. The van der Waals surface area contributed by atoms with Crippen LogP contribution in [0.15, 0.2) is 0 Å². The molecule has 1 aliphatic rings. The number of thiocarbonyl (C=S) groups is 1. The van der Waals surface area contributed by atoms with Crippen molar-refractivity contribution in [2.24, 2.45) is 5.73 Å². The molecule has 0 spiro atoms. The van der Waals surface area contributed by atoms with Crippen molar-refractivity contribution >= 4 is 23.1 Å². The Bertz CT molecular complexity index is 262. The van der Waals surface area contributed by atoms with Gasteiger partial charge in [0.05, 0.1) is 17.0 Å². The Morgan fingerprint density at radius 2 is 2.07 bits per heavy atom. The van der Waals surface area contributed by atoms with E-state index in [9.17, 15) is 9.90 Å². The molecule has 0 aromatic carbocycles. The van der Waals surface area contributed by atoms with Crippen LogP contribution in [0.5, 0.6) is 0 Å². The molecule has 0 radical (unpaired) electrons. The van der Waals surface area contributed by atoms with E-state index in [1.165, 1.54) is 4.90 Å². The fraction of sp³-hybridized carbons (Fsp3) is 0.800. The van der Waals surface area contributed by atoms with Crippen LogP contribution in [0.4, 0.5) is 0 Å². The second kappa shape index (κ2) is 4.90. The highest BCUT2D eigenvalue weighted by molar-refractivity contribution is 7.80. The highest BCUT2D eigenvalue weighted by Gasteiger charge is 2.33. The molecule has 0 bridgehead atoms. The lowest BCUT2D eigenvalue weighted by molar-refractivity contribution is -0.131. The first kappa shape index (κ1) is 12.4. The van der Waals surface area contributed by atoms with Crippen LogP contribution in [0.2, 0.25) is 0 Å². The topological polar surface area (TPSA) is 66.6 Å². The SMILES string of the molecule is CN(CC1(O)CCCC1)C(=O)CC(N)=S. The molecule has 0 unspecified atom stereocenters. The predicted octanol–water partition coefficient (Wildman–Crippen LogP) is 0.426. The van der Waals surface area contributed by atoms with Gasteiger partial charge in [-0.2, -0.15) is 0 Å². The number of hydrogen-bond acceptors (Lipinski definition) is 3. The zero-order valence-electron chi connectivity index (χ0n) is 9.03. The van der Waals surface area contributed by atoms with Gasteiger partial charge in [0.15, 0.2) is 0 Å². The van der Waals surface area contributed by atoms with E-state index in [0.29, 0.717) is 6.54 Å². The normalized spacial score (nSPS) is 18.8. The average molecular weight is 230 g/mol. The second-order valence-electron chi connectivity index (χ2n) is 4.32. The average Bonchev–Trinajstić information content (AvgIpc) is 2.50. The predicted molar refractivity (Wildman–Crippen MR) is 62.5 cm³/mol. The number of rotatable bonds is 4. The monoisotopic (exact) mass is 230 g/mol. The number of hydrogen-bond donors (Lipinski definition) is 2. The van der Waals surface area contributed by atoms with Crippen molar-refractivity contribution in [3.05, 3.63) is 0 Å². The summed E-state index contributed by atoms with van der Waals surface area (Å²) in [5, 5.41) is 10.1. The van der Waals surface area contributed by atoms with Gasteiger partial charge in [-0.25, -0.2) is 0 Å². The molecule has 1 saturated carbocycles. The van der Waals surface area contributed by atoms with E-state index in [1.807, 2.05) is 0 Å². The van der Waals surface area contributed by atoms with Gasteiger partial charge in [-0.15, -0.1) is 0 Å². The Balaban J connectivity index is 2.43. The quantitative estimate of drug-likeness (QED) is 0.687. The molecule has 0 heterocycles. The standard InChI is InChI=1S/C10H18N2O2S/c1-12(9(13)6-8(11)15)7-10(14)4-2-3-5-10/h14H,2-7H2,1H3,(H2,11,15). The first-order valence-electron chi connectivity index (χ1n) is 5.18. The van der Waals surface area contributed by atoms with E-state index in [2.05, 4.69) is 12.2 Å². The van der Waals surface area contributed by atoms with Crippen LogP contribution in [-0.4, -0.2) is 40.1 Å². The fourth-order valence-electron chi connectivity index (χ4n) is 2.00. The summed E-state index contributed by atoms with van der Waals surface area (Å²) in [7, 11) is 1.68. The van der Waals surface area contributed by atoms with Gasteiger partial charge in [0.1, 0.15) is 0 Å². The lowest BCUT2D eigenvalue weighted by Crippen LogP contribution is -2.42. The Morgan fingerprint density at radius 3 is 2.53 bits per heavy atom. The minimum absolute atomic E-state index is 0.0852. The molecule has 1 aliphatic carbocycles. The molecule has 3 N–H and O–H groups in total.